The number of hydrogen-bond acceptors (Lipinski definition) is 13. The Morgan fingerprint density at radius 2 is 1.71 bits per heavy atom. The molecule has 0 saturated carbocycles. The lowest BCUT2D eigenvalue weighted by Crippen LogP contribution is -2.59. The lowest BCUT2D eigenvalue weighted by molar-refractivity contribution is -0.339. The number of cyclic esters (lactones) is 1. The van der Waals surface area contributed by atoms with E-state index in [9.17, 15) is 35.4 Å². The second-order valence-electron chi connectivity index (χ2n) is 17.1. The second-order valence-corrected chi connectivity index (χ2v) is 17.1. The molecule has 0 aromatic heterocycles. The van der Waals surface area contributed by atoms with Gasteiger partial charge in [0, 0.05) is 49.5 Å². The summed E-state index contributed by atoms with van der Waals surface area (Å²) in [7, 11) is 2.83. The molecule has 3 heterocycles. The Hall–Kier alpha value is -2.43. The van der Waals surface area contributed by atoms with Gasteiger partial charge in [-0.15, -0.1) is 0 Å². The normalized spacial score (nSPS) is 43.9. The van der Waals surface area contributed by atoms with Crippen molar-refractivity contribution in [1.29, 1.82) is 0 Å². The Labute approximate surface area is 346 Å². The highest BCUT2D eigenvalue weighted by atomic mass is 16.7. The van der Waals surface area contributed by atoms with Gasteiger partial charge < -0.3 is 59.1 Å². The Morgan fingerprint density at radius 3 is 2.29 bits per heavy atom. The molecular formula is C45H74O13. The van der Waals surface area contributed by atoms with Gasteiger partial charge in [0.25, 0.3) is 0 Å². The summed E-state index contributed by atoms with van der Waals surface area (Å²) >= 11 is 0. The number of aliphatic hydroxyl groups is 6. The van der Waals surface area contributed by atoms with Crippen LogP contribution in [0.3, 0.4) is 0 Å². The van der Waals surface area contributed by atoms with E-state index in [1.54, 1.807) is 39.8 Å². The van der Waals surface area contributed by atoms with Gasteiger partial charge >= 0.3 is 5.97 Å². The van der Waals surface area contributed by atoms with E-state index in [0.717, 1.165) is 5.57 Å². The smallest absolute Gasteiger partial charge is 0.373 e. The molecule has 13 heteroatoms. The largest absolute Gasteiger partial charge is 0.490 e. The van der Waals surface area contributed by atoms with Crippen LogP contribution in [-0.4, -0.2) is 124 Å². The van der Waals surface area contributed by atoms with E-state index in [-0.39, 0.29) is 42.3 Å². The zero-order valence-corrected chi connectivity index (χ0v) is 36.7. The average molecular weight is 823 g/mol. The minimum Gasteiger partial charge on any atom is -0.490 e. The maximum atomic E-state index is 13.9. The number of allylic oxidation sites excluding steroid dienone is 6. The number of ether oxygens (including phenoxy) is 6. The van der Waals surface area contributed by atoms with E-state index in [4.69, 9.17) is 28.4 Å². The predicted molar refractivity (Wildman–Crippen MR) is 220 cm³/mol. The SMILES string of the molecule is C/C=C/[C@H]1O[C@@](O)([C@@H](C)[C@H](O)[C@H](C)[C@H]2OC(=O)/C(OC)=C/C(C)=C/[C@@H](C)[C@@H](O)[C@@H](CC)[C@@H](O)[C@H](C)C/C(C)=C/C=C/[C@@H]2OC)C[C@@H](OC2CC(O)C(O)C(C)O2)[C@@H]1C. The molecule has 0 radical (unpaired) electrons. The van der Waals surface area contributed by atoms with Crippen LogP contribution in [-0.2, 0) is 33.2 Å². The summed E-state index contributed by atoms with van der Waals surface area (Å²) in [4.78, 5) is 13.9. The van der Waals surface area contributed by atoms with Crippen LogP contribution in [0.2, 0.25) is 0 Å². The summed E-state index contributed by atoms with van der Waals surface area (Å²) < 4.78 is 36.1. The molecule has 3 aliphatic heterocycles. The van der Waals surface area contributed by atoms with Crippen molar-refractivity contribution in [2.24, 2.45) is 35.5 Å². The molecule has 332 valence electrons. The van der Waals surface area contributed by atoms with Crippen LogP contribution in [0.4, 0.5) is 0 Å². The Morgan fingerprint density at radius 1 is 1.03 bits per heavy atom. The second kappa shape index (κ2) is 22.4. The fourth-order valence-electron chi connectivity index (χ4n) is 8.64. The molecule has 0 aliphatic carbocycles. The molecule has 2 fully saturated rings. The Balaban J connectivity index is 2.02. The molecule has 0 aromatic rings. The van der Waals surface area contributed by atoms with Crippen molar-refractivity contribution in [2.45, 2.75) is 168 Å². The van der Waals surface area contributed by atoms with Gasteiger partial charge in [-0.2, -0.15) is 0 Å². The number of carbonyl (C=O) groups is 1. The molecule has 0 bridgehead atoms. The lowest BCUT2D eigenvalue weighted by Gasteiger charge is -2.49. The van der Waals surface area contributed by atoms with E-state index < -0.39 is 90.9 Å². The highest BCUT2D eigenvalue weighted by molar-refractivity contribution is 5.87. The van der Waals surface area contributed by atoms with Crippen LogP contribution in [0.25, 0.3) is 0 Å². The van der Waals surface area contributed by atoms with Crippen LogP contribution < -0.4 is 0 Å². The van der Waals surface area contributed by atoms with Crippen molar-refractivity contribution in [3.8, 4) is 0 Å². The first-order valence-corrected chi connectivity index (χ1v) is 21.0. The van der Waals surface area contributed by atoms with Crippen LogP contribution in [0.1, 0.15) is 94.9 Å². The zero-order valence-electron chi connectivity index (χ0n) is 36.7. The molecule has 4 unspecified atom stereocenters. The topological polar surface area (TPSA) is 194 Å². The summed E-state index contributed by atoms with van der Waals surface area (Å²) in [6.45, 7) is 18.3. The molecule has 3 aliphatic rings. The molecule has 13 nitrogen and oxygen atoms in total. The van der Waals surface area contributed by atoms with E-state index in [1.807, 2.05) is 65.8 Å². The van der Waals surface area contributed by atoms with Crippen LogP contribution in [0.5, 0.6) is 0 Å². The first kappa shape index (κ1) is 49.9. The zero-order chi connectivity index (χ0) is 43.6. The summed E-state index contributed by atoms with van der Waals surface area (Å²) in [6.07, 6.45) is 3.82. The summed E-state index contributed by atoms with van der Waals surface area (Å²) in [5.74, 6) is -5.78. The monoisotopic (exact) mass is 823 g/mol. The predicted octanol–water partition coefficient (Wildman–Crippen LogP) is 4.88. The maximum absolute atomic E-state index is 13.9. The summed E-state index contributed by atoms with van der Waals surface area (Å²) in [6, 6.07) is 0. The van der Waals surface area contributed by atoms with Crippen molar-refractivity contribution in [1.82, 2.24) is 0 Å². The van der Waals surface area contributed by atoms with Gasteiger partial charge in [0.1, 0.15) is 18.3 Å². The third-order valence-electron chi connectivity index (χ3n) is 12.5. The third-order valence-corrected chi connectivity index (χ3v) is 12.5. The molecule has 0 amide bonds. The number of hydrogen-bond donors (Lipinski definition) is 6. The highest BCUT2D eigenvalue weighted by Gasteiger charge is 2.52. The lowest BCUT2D eigenvalue weighted by atomic mass is 9.77. The standard InChI is InChI=1S/C45H74O13/c1-13-16-34-28(7)37(56-38-22-33(46)42(50)31(10)55-38)23-45(52,58-34)30(9)41(49)29(8)43-35(53-11)18-15-17-24(3)19-26(5)39(47)32(14-2)40(48)27(6)20-25(4)21-36(54-12)44(51)57-43/h13,15-18,20-21,26-35,37-43,46-50,52H,14,19,22-23H2,1-12H3/b16-13+,18-15+,24-17+,25-20+,36-21-/t26-,27-,28-,29+,30+,31?,32+,33?,34-,35+,37-,38?,39+,40-,41-,42?,43-,45-/m1/s1. The van der Waals surface area contributed by atoms with Crippen LogP contribution >= 0.6 is 0 Å². The molecule has 6 N–H and O–H groups in total. The van der Waals surface area contributed by atoms with Gasteiger partial charge in [0.2, 0.25) is 5.76 Å². The van der Waals surface area contributed by atoms with Crippen molar-refractivity contribution in [2.75, 3.05) is 14.2 Å². The minimum absolute atomic E-state index is 0.0414. The molecule has 0 spiro atoms. The summed E-state index contributed by atoms with van der Waals surface area (Å²) in [5, 5.41) is 67.8. The number of aliphatic hydroxyl groups excluding tert-OH is 5. The van der Waals surface area contributed by atoms with Gasteiger partial charge in [0.05, 0.1) is 49.8 Å². The van der Waals surface area contributed by atoms with Crippen LogP contribution in [0.15, 0.2) is 59.4 Å². The fraction of sp³-hybridized carbons (Fsp3) is 0.756. The maximum Gasteiger partial charge on any atom is 0.373 e. The molecule has 3 rings (SSSR count). The number of rotatable bonds is 10. The van der Waals surface area contributed by atoms with E-state index in [0.29, 0.717) is 18.4 Å². The van der Waals surface area contributed by atoms with Gasteiger partial charge in [-0.1, -0.05) is 89.1 Å². The van der Waals surface area contributed by atoms with Crippen molar-refractivity contribution in [3.63, 3.8) is 0 Å². The average Bonchev–Trinajstić information content (AvgIpc) is 3.17. The van der Waals surface area contributed by atoms with Crippen molar-refractivity contribution < 1.29 is 63.9 Å². The van der Waals surface area contributed by atoms with Gasteiger partial charge in [-0.3, -0.25) is 0 Å². The molecule has 58 heavy (non-hydrogen) atoms. The van der Waals surface area contributed by atoms with Crippen molar-refractivity contribution in [3.05, 3.63) is 59.4 Å². The van der Waals surface area contributed by atoms with E-state index in [1.165, 1.54) is 20.3 Å². The van der Waals surface area contributed by atoms with E-state index in [2.05, 4.69) is 0 Å². The third kappa shape index (κ3) is 12.6. The Kier molecular flexibility index (Phi) is 19.3. The first-order chi connectivity index (χ1) is 27.2. The van der Waals surface area contributed by atoms with E-state index >= 15 is 0 Å². The fourth-order valence-corrected chi connectivity index (χ4v) is 8.64. The van der Waals surface area contributed by atoms with Gasteiger partial charge in [-0.05, 0) is 52.5 Å². The number of carbonyl (C=O) groups excluding carboxylic acids is 1. The first-order valence-electron chi connectivity index (χ1n) is 21.0. The molecule has 2 saturated heterocycles. The number of methoxy groups -OCH3 is 2. The summed E-state index contributed by atoms with van der Waals surface area (Å²) in [5.41, 5.74) is 1.61. The Bertz CT molecular complexity index is 1450. The quantitative estimate of drug-likeness (QED) is 0.129. The number of esters is 1. The van der Waals surface area contributed by atoms with Crippen LogP contribution in [0, 0.1) is 35.5 Å². The molecule has 0 aromatic carbocycles. The highest BCUT2D eigenvalue weighted by Crippen LogP contribution is 2.42. The van der Waals surface area contributed by atoms with Crippen molar-refractivity contribution >= 4 is 5.97 Å². The minimum atomic E-state index is -1.93. The van der Waals surface area contributed by atoms with Gasteiger partial charge in [0.15, 0.2) is 12.1 Å². The molecular weight excluding hydrogens is 748 g/mol. The molecule has 18 atom stereocenters. The van der Waals surface area contributed by atoms with Gasteiger partial charge in [-0.25, -0.2) is 4.79 Å².